The van der Waals surface area contributed by atoms with Crippen molar-refractivity contribution in [3.05, 3.63) is 46.1 Å². The minimum Gasteiger partial charge on any atom is -0.336 e. The van der Waals surface area contributed by atoms with Crippen LogP contribution in [0.1, 0.15) is 49.4 Å². The molecule has 124 valence electrons. The van der Waals surface area contributed by atoms with Crippen molar-refractivity contribution in [2.24, 2.45) is 16.3 Å². The molecule has 2 aliphatic rings. The molecule has 4 rings (SSSR count). The van der Waals surface area contributed by atoms with Gasteiger partial charge in [0.25, 0.3) is 5.88 Å². The number of carbonyl (C=O) groups is 1. The Kier molecular flexibility index (Phi) is 3.43. The Balaban J connectivity index is 1.95. The first-order valence-corrected chi connectivity index (χ1v) is 8.56. The van der Waals surface area contributed by atoms with E-state index in [1.807, 2.05) is 31.2 Å². The average Bonchev–Trinajstić information content (AvgIpc) is 2.86. The molecule has 2 aromatic rings. The molecule has 24 heavy (non-hydrogen) atoms. The van der Waals surface area contributed by atoms with E-state index in [1.54, 1.807) is 0 Å². The minimum absolute atomic E-state index is 0.0793. The summed E-state index contributed by atoms with van der Waals surface area (Å²) in [6, 6.07) is 7.70. The first-order chi connectivity index (χ1) is 11.4. The number of nitrogens with zero attached hydrogens (tertiary/aromatic N) is 2. The highest BCUT2D eigenvalue weighted by Crippen LogP contribution is 2.50. The van der Waals surface area contributed by atoms with Crippen LogP contribution < -0.4 is 0 Å². The summed E-state index contributed by atoms with van der Waals surface area (Å²) in [5.41, 5.74) is 3.42. The zero-order valence-corrected chi connectivity index (χ0v) is 14.7. The lowest BCUT2D eigenvalue weighted by atomic mass is 9.64. The van der Waals surface area contributed by atoms with Crippen molar-refractivity contribution in [2.75, 3.05) is 0 Å². The van der Waals surface area contributed by atoms with Crippen LogP contribution in [0.2, 0.25) is 5.02 Å². The Bertz CT molecular complexity index is 866. The van der Waals surface area contributed by atoms with E-state index < -0.39 is 0 Å². The number of ketones is 1. The molecule has 0 saturated heterocycles. The topological polar surface area (TPSA) is 55.5 Å². The van der Waals surface area contributed by atoms with Gasteiger partial charge in [0.15, 0.2) is 0 Å². The second-order valence-corrected chi connectivity index (χ2v) is 7.96. The number of aryl methyl sites for hydroxylation is 1. The predicted octanol–water partition coefficient (Wildman–Crippen LogP) is 4.86. The van der Waals surface area contributed by atoms with E-state index in [2.05, 4.69) is 24.0 Å². The number of halogens is 1. The predicted molar refractivity (Wildman–Crippen MR) is 93.1 cm³/mol. The van der Waals surface area contributed by atoms with Gasteiger partial charge in [0, 0.05) is 23.1 Å². The van der Waals surface area contributed by atoms with Crippen LogP contribution in [0.15, 0.2) is 33.8 Å². The van der Waals surface area contributed by atoms with Crippen molar-refractivity contribution in [1.29, 1.82) is 0 Å². The van der Waals surface area contributed by atoms with Gasteiger partial charge in [-0.05, 0) is 30.4 Å². The summed E-state index contributed by atoms with van der Waals surface area (Å²) in [7, 11) is 0. The van der Waals surface area contributed by atoms with Crippen LogP contribution in [-0.4, -0.2) is 16.7 Å². The van der Waals surface area contributed by atoms with Gasteiger partial charge in [0.1, 0.15) is 5.78 Å². The molecule has 0 bridgehead atoms. The van der Waals surface area contributed by atoms with Crippen molar-refractivity contribution >= 4 is 29.0 Å². The van der Waals surface area contributed by atoms with Crippen LogP contribution in [0.25, 0.3) is 0 Å². The Labute approximate surface area is 145 Å². The van der Waals surface area contributed by atoms with Crippen molar-refractivity contribution in [2.45, 2.75) is 39.5 Å². The van der Waals surface area contributed by atoms with Crippen molar-refractivity contribution in [1.82, 2.24) is 5.16 Å². The molecule has 5 heteroatoms. The van der Waals surface area contributed by atoms with Gasteiger partial charge in [0.05, 0.1) is 17.2 Å². The summed E-state index contributed by atoms with van der Waals surface area (Å²) >= 11 is 6.48. The van der Waals surface area contributed by atoms with Gasteiger partial charge < -0.3 is 4.52 Å². The number of rotatable bonds is 1. The first-order valence-electron chi connectivity index (χ1n) is 8.18. The van der Waals surface area contributed by atoms with E-state index >= 15 is 0 Å². The molecule has 1 aromatic carbocycles. The van der Waals surface area contributed by atoms with Crippen LogP contribution in [0.3, 0.4) is 0 Å². The smallest absolute Gasteiger partial charge is 0.254 e. The molecule has 1 aliphatic heterocycles. The maximum Gasteiger partial charge on any atom is 0.254 e. The molecule has 0 radical (unpaired) electrons. The number of hydrogen-bond donors (Lipinski definition) is 0. The van der Waals surface area contributed by atoms with E-state index in [0.29, 0.717) is 17.3 Å². The zero-order valence-electron chi connectivity index (χ0n) is 14.0. The van der Waals surface area contributed by atoms with Gasteiger partial charge in [-0.2, -0.15) is 0 Å². The highest BCUT2D eigenvalue weighted by Gasteiger charge is 2.47. The average molecular weight is 343 g/mol. The molecular weight excluding hydrogens is 324 g/mol. The Morgan fingerprint density at radius 3 is 2.71 bits per heavy atom. The third-order valence-corrected chi connectivity index (χ3v) is 5.38. The molecule has 1 aromatic heterocycles. The van der Waals surface area contributed by atoms with Crippen LogP contribution in [0.4, 0.5) is 5.88 Å². The van der Waals surface area contributed by atoms with E-state index in [-0.39, 0.29) is 23.0 Å². The number of benzene rings is 1. The zero-order chi connectivity index (χ0) is 17.1. The van der Waals surface area contributed by atoms with E-state index in [9.17, 15) is 4.79 Å². The van der Waals surface area contributed by atoms with Gasteiger partial charge in [-0.1, -0.05) is 48.8 Å². The fourth-order valence-corrected chi connectivity index (χ4v) is 4.33. The summed E-state index contributed by atoms with van der Waals surface area (Å²) in [4.78, 5) is 17.7. The van der Waals surface area contributed by atoms with Crippen LogP contribution in [0, 0.1) is 18.3 Å². The van der Waals surface area contributed by atoms with E-state index in [4.69, 9.17) is 16.1 Å². The Hall–Kier alpha value is -1.94. The first kappa shape index (κ1) is 15.6. The van der Waals surface area contributed by atoms with Crippen LogP contribution in [-0.2, 0) is 4.79 Å². The largest absolute Gasteiger partial charge is 0.336 e. The van der Waals surface area contributed by atoms with Gasteiger partial charge in [-0.15, -0.1) is 0 Å². The van der Waals surface area contributed by atoms with Crippen molar-refractivity contribution < 1.29 is 9.32 Å². The van der Waals surface area contributed by atoms with Crippen molar-refractivity contribution in [3.8, 4) is 0 Å². The lowest BCUT2D eigenvalue weighted by Crippen LogP contribution is -2.42. The number of aliphatic imine (C=N–C) groups is 1. The lowest BCUT2D eigenvalue weighted by Gasteiger charge is -2.40. The highest BCUT2D eigenvalue weighted by molar-refractivity contribution is 6.31. The number of hydrogen-bond acceptors (Lipinski definition) is 4. The molecule has 0 N–H and O–H groups in total. The SMILES string of the molecule is Cc1noc2c1C(c1ccccc1Cl)C1C(=O)CC(C)(C)CC1=N2. The lowest BCUT2D eigenvalue weighted by molar-refractivity contribution is -0.124. The molecule has 1 aliphatic carbocycles. The maximum atomic E-state index is 13.0. The van der Waals surface area contributed by atoms with Gasteiger partial charge in [-0.25, -0.2) is 4.99 Å². The molecule has 4 nitrogen and oxygen atoms in total. The number of carbonyl (C=O) groups excluding carboxylic acids is 1. The third kappa shape index (κ3) is 2.32. The highest BCUT2D eigenvalue weighted by atomic mass is 35.5. The fourth-order valence-electron chi connectivity index (χ4n) is 4.08. The maximum absolute atomic E-state index is 13.0. The summed E-state index contributed by atoms with van der Waals surface area (Å²) in [6.07, 6.45) is 1.33. The van der Waals surface area contributed by atoms with E-state index in [0.717, 1.165) is 29.0 Å². The second kappa shape index (κ2) is 5.28. The number of fused-ring (bicyclic) bond motifs is 2. The second-order valence-electron chi connectivity index (χ2n) is 7.55. The summed E-state index contributed by atoms with van der Waals surface area (Å²) in [5.74, 6) is 0.301. The standard InChI is InChI=1S/C19H19ClN2O2/c1-10-15-16(11-6-4-5-7-12(11)20)17-13(21-18(15)24-22-10)8-19(2,3)9-14(17)23/h4-7,16-17H,8-9H2,1-3H3. The minimum atomic E-state index is -0.275. The molecular formula is C19H19ClN2O2. The summed E-state index contributed by atoms with van der Waals surface area (Å²) in [5, 5.41) is 4.75. The normalized spacial score (nSPS) is 25.0. The van der Waals surface area contributed by atoms with Crippen LogP contribution in [0.5, 0.6) is 0 Å². The fraction of sp³-hybridized carbons (Fsp3) is 0.421. The molecule has 0 amide bonds. The monoisotopic (exact) mass is 342 g/mol. The quantitative estimate of drug-likeness (QED) is 0.743. The molecule has 1 fully saturated rings. The Morgan fingerprint density at radius 1 is 1.21 bits per heavy atom. The molecule has 2 atom stereocenters. The molecule has 2 heterocycles. The molecule has 1 saturated carbocycles. The summed E-state index contributed by atoms with van der Waals surface area (Å²) < 4.78 is 5.44. The number of aromatic nitrogens is 1. The molecule has 2 unspecified atom stereocenters. The Morgan fingerprint density at radius 2 is 1.96 bits per heavy atom. The van der Waals surface area contributed by atoms with Gasteiger partial charge >= 0.3 is 0 Å². The van der Waals surface area contributed by atoms with Gasteiger partial charge in [0.2, 0.25) is 0 Å². The van der Waals surface area contributed by atoms with Crippen molar-refractivity contribution in [3.63, 3.8) is 0 Å². The van der Waals surface area contributed by atoms with Gasteiger partial charge in [-0.3, -0.25) is 4.79 Å². The molecule has 0 spiro atoms. The third-order valence-electron chi connectivity index (χ3n) is 5.04. The van der Waals surface area contributed by atoms with E-state index in [1.165, 1.54) is 0 Å². The summed E-state index contributed by atoms with van der Waals surface area (Å²) in [6.45, 7) is 6.11. The van der Waals surface area contributed by atoms with Crippen LogP contribution >= 0.6 is 11.6 Å². The number of Topliss-reactive ketones (excluding diaryl/α,β-unsaturated/α-hetero) is 1.